The Morgan fingerprint density at radius 1 is 0.833 bits per heavy atom. The van der Waals surface area contributed by atoms with Crippen LogP contribution in [0.15, 0.2) is 0 Å². The van der Waals surface area contributed by atoms with Crippen LogP contribution in [0.3, 0.4) is 0 Å². The maximum absolute atomic E-state index is 2.36. The molecule has 0 bridgehead atoms. The first-order chi connectivity index (χ1) is 8.88. The molecule has 2 aliphatic rings. The van der Waals surface area contributed by atoms with Crippen molar-refractivity contribution in [1.29, 1.82) is 0 Å². The molecule has 2 rings (SSSR count). The number of alkyl halides is 3. The van der Waals surface area contributed by atoms with Gasteiger partial charge in [-0.3, -0.25) is 0 Å². The summed E-state index contributed by atoms with van der Waals surface area (Å²) in [6.45, 7) is 2.36. The number of halogens is 1. The van der Waals surface area contributed by atoms with Crippen LogP contribution in [-0.4, -0.2) is 13.3 Å². The Balaban J connectivity index is 1.52. The zero-order valence-corrected chi connectivity index (χ0v) is 14.6. The van der Waals surface area contributed by atoms with Crippen LogP contribution in [0.2, 0.25) is 0 Å². The molecule has 0 radical (unpaired) electrons. The van der Waals surface area contributed by atoms with E-state index in [-0.39, 0.29) is 0 Å². The van der Waals surface area contributed by atoms with Gasteiger partial charge < -0.3 is 0 Å². The number of hydrogen-bond donors (Lipinski definition) is 0. The van der Waals surface area contributed by atoms with E-state index in [0.717, 1.165) is 11.8 Å². The van der Waals surface area contributed by atoms with Gasteiger partial charge in [0.15, 0.2) is 0 Å². The van der Waals surface area contributed by atoms with Gasteiger partial charge in [-0.1, -0.05) is 0 Å². The van der Waals surface area contributed by atoms with Gasteiger partial charge in [0.2, 0.25) is 0 Å². The third kappa shape index (κ3) is 5.38. The molecule has 0 nitrogen and oxygen atoms in total. The summed E-state index contributed by atoms with van der Waals surface area (Å²) < 4.78 is 5.12. The van der Waals surface area contributed by atoms with Crippen molar-refractivity contribution < 1.29 is 0 Å². The van der Waals surface area contributed by atoms with E-state index in [1.165, 1.54) is 32.1 Å². The van der Waals surface area contributed by atoms with Crippen molar-refractivity contribution in [2.45, 2.75) is 77.6 Å². The fourth-order valence-corrected chi connectivity index (χ4v) is 10.4. The van der Waals surface area contributed by atoms with E-state index in [0.29, 0.717) is 0 Å². The molecule has 18 heavy (non-hydrogen) atoms. The molecule has 1 saturated carbocycles. The second-order valence-corrected chi connectivity index (χ2v) is 13.0. The van der Waals surface area contributed by atoms with Crippen molar-refractivity contribution in [2.75, 3.05) is 13.3 Å². The summed E-state index contributed by atoms with van der Waals surface area (Å²) in [6.07, 6.45) is 17.1. The molecule has 1 heterocycles. The van der Waals surface area contributed by atoms with Gasteiger partial charge in [-0.2, -0.15) is 0 Å². The molecular weight excluding hydrogens is 331 g/mol. The Labute approximate surface area is 122 Å². The van der Waals surface area contributed by atoms with Gasteiger partial charge in [0.1, 0.15) is 0 Å². The van der Waals surface area contributed by atoms with Crippen molar-refractivity contribution in [3.05, 3.63) is 0 Å². The summed E-state index contributed by atoms with van der Waals surface area (Å²) in [4.78, 5) is 0. The predicted molar refractivity (Wildman–Crippen MR) is 92.1 cm³/mol. The van der Waals surface area contributed by atoms with Crippen LogP contribution < -0.4 is 0 Å². The normalized spacial score (nSPS) is 25.5. The number of hydrogen-bond acceptors (Lipinski definition) is 0. The standard InChI is InChI=1S/C17H33I/c1-2-7-16-11-14-18(15-12-16)13-6-10-17-8-4-3-5-9-17/h16-17H,2-15H2,1H3. The van der Waals surface area contributed by atoms with Crippen molar-refractivity contribution in [1.82, 2.24) is 0 Å². The molecule has 0 spiro atoms. The average Bonchev–Trinajstić information content (AvgIpc) is 2.42. The molecule has 0 amide bonds. The first-order valence-electron chi connectivity index (χ1n) is 8.46. The van der Waals surface area contributed by atoms with Crippen LogP contribution in [0.4, 0.5) is 0 Å². The van der Waals surface area contributed by atoms with E-state index < -0.39 is 19.8 Å². The second kappa shape index (κ2) is 8.81. The third-order valence-corrected chi connectivity index (χ3v) is 11.6. The van der Waals surface area contributed by atoms with Gasteiger partial charge in [-0.25, -0.2) is 0 Å². The van der Waals surface area contributed by atoms with E-state index >= 15 is 0 Å². The summed E-state index contributed by atoms with van der Waals surface area (Å²) in [5.41, 5.74) is 0. The van der Waals surface area contributed by atoms with Gasteiger partial charge in [0, 0.05) is 0 Å². The van der Waals surface area contributed by atoms with Crippen molar-refractivity contribution in [3.63, 3.8) is 0 Å². The third-order valence-electron chi connectivity index (χ3n) is 5.00. The average molecular weight is 364 g/mol. The molecule has 0 unspecified atom stereocenters. The topological polar surface area (TPSA) is 0 Å². The molecule has 2 fully saturated rings. The molecule has 0 aromatic rings. The Kier molecular flexibility index (Phi) is 7.41. The van der Waals surface area contributed by atoms with Gasteiger partial charge in [-0.05, 0) is 0 Å². The molecule has 1 aliphatic carbocycles. The second-order valence-electron chi connectivity index (χ2n) is 6.51. The summed E-state index contributed by atoms with van der Waals surface area (Å²) in [7, 11) is 0. The van der Waals surface area contributed by atoms with Crippen LogP contribution in [0, 0.1) is 11.8 Å². The predicted octanol–water partition coefficient (Wildman–Crippen LogP) is 6.06. The minimum absolute atomic E-state index is 0.436. The van der Waals surface area contributed by atoms with Crippen LogP contribution >= 0.6 is 19.8 Å². The van der Waals surface area contributed by atoms with Crippen molar-refractivity contribution >= 4 is 19.8 Å². The molecule has 0 N–H and O–H groups in total. The molecule has 0 aromatic carbocycles. The molecule has 1 aliphatic heterocycles. The van der Waals surface area contributed by atoms with E-state index in [9.17, 15) is 0 Å². The first-order valence-corrected chi connectivity index (χ1v) is 13.0. The van der Waals surface area contributed by atoms with Crippen LogP contribution in [0.25, 0.3) is 0 Å². The maximum atomic E-state index is 2.36. The van der Waals surface area contributed by atoms with Crippen LogP contribution in [0.1, 0.15) is 77.6 Å². The van der Waals surface area contributed by atoms with Crippen LogP contribution in [-0.2, 0) is 0 Å². The Hall–Kier alpha value is 0.730. The molecule has 1 saturated heterocycles. The first kappa shape index (κ1) is 15.1. The molecule has 0 aromatic heterocycles. The SMILES string of the molecule is CCCC1CCI(CCCC2CCCCC2)CC1. The minimum atomic E-state index is -0.436. The summed E-state index contributed by atoms with van der Waals surface area (Å²) in [5.74, 6) is 2.26. The van der Waals surface area contributed by atoms with E-state index in [1.807, 2.05) is 0 Å². The summed E-state index contributed by atoms with van der Waals surface area (Å²) in [6, 6.07) is 0. The van der Waals surface area contributed by atoms with E-state index in [1.54, 1.807) is 51.8 Å². The van der Waals surface area contributed by atoms with Gasteiger partial charge in [-0.15, -0.1) is 0 Å². The molecular formula is C17H33I. The molecule has 0 atom stereocenters. The Bertz CT molecular complexity index is 200. The van der Waals surface area contributed by atoms with Crippen LogP contribution in [0.5, 0.6) is 0 Å². The Morgan fingerprint density at radius 3 is 2.17 bits per heavy atom. The number of rotatable bonds is 6. The zero-order valence-electron chi connectivity index (χ0n) is 12.4. The fraction of sp³-hybridized carbons (Fsp3) is 1.00. The molecule has 1 heteroatoms. The van der Waals surface area contributed by atoms with Gasteiger partial charge in [0.05, 0.1) is 0 Å². The van der Waals surface area contributed by atoms with E-state index in [2.05, 4.69) is 6.92 Å². The Morgan fingerprint density at radius 2 is 1.50 bits per heavy atom. The zero-order chi connectivity index (χ0) is 12.6. The van der Waals surface area contributed by atoms with Gasteiger partial charge >= 0.3 is 122 Å². The van der Waals surface area contributed by atoms with E-state index in [4.69, 9.17) is 0 Å². The van der Waals surface area contributed by atoms with Gasteiger partial charge in [0.25, 0.3) is 0 Å². The fourth-order valence-electron chi connectivity index (χ4n) is 3.77. The summed E-state index contributed by atoms with van der Waals surface area (Å²) in [5, 5.41) is 0. The summed E-state index contributed by atoms with van der Waals surface area (Å²) >= 11 is -0.436. The molecule has 108 valence electrons. The monoisotopic (exact) mass is 364 g/mol. The van der Waals surface area contributed by atoms with Crippen molar-refractivity contribution in [3.8, 4) is 0 Å². The van der Waals surface area contributed by atoms with Crippen molar-refractivity contribution in [2.24, 2.45) is 11.8 Å². The quantitative estimate of drug-likeness (QED) is 0.397.